The van der Waals surface area contributed by atoms with Crippen molar-refractivity contribution in [3.05, 3.63) is 35.9 Å². The fourth-order valence-corrected chi connectivity index (χ4v) is 1.79. The van der Waals surface area contributed by atoms with E-state index in [1.807, 2.05) is 0 Å². The van der Waals surface area contributed by atoms with Gasteiger partial charge in [0, 0.05) is 25.7 Å². The number of likely N-dealkylation sites (tertiary alicyclic amines) is 1. The highest BCUT2D eigenvalue weighted by Crippen LogP contribution is 2.18. The second-order valence-electron chi connectivity index (χ2n) is 3.63. The molecule has 1 unspecified atom stereocenters. The maximum Gasteiger partial charge on any atom is 0.0237 e. The summed E-state index contributed by atoms with van der Waals surface area (Å²) in [6.07, 6.45) is 1.27. The van der Waals surface area contributed by atoms with Gasteiger partial charge in [-0.15, -0.1) is 12.4 Å². The summed E-state index contributed by atoms with van der Waals surface area (Å²) in [7, 11) is 0. The number of nitrogens with zero attached hydrogens (tertiary/aromatic N) is 1. The Balaban J connectivity index is 0.000000980. The van der Waals surface area contributed by atoms with Crippen LogP contribution >= 0.6 is 12.4 Å². The summed E-state index contributed by atoms with van der Waals surface area (Å²) in [5, 5.41) is 0. The highest BCUT2D eigenvalue weighted by Gasteiger charge is 2.25. The lowest BCUT2D eigenvalue weighted by Crippen LogP contribution is -2.50. The highest BCUT2D eigenvalue weighted by atomic mass is 35.5. The van der Waals surface area contributed by atoms with Gasteiger partial charge in [-0.05, 0) is 12.0 Å². The summed E-state index contributed by atoms with van der Waals surface area (Å²) in [6.45, 7) is 3.06. The fraction of sp³-hybridized carbons (Fsp3) is 0.455. The molecule has 1 heterocycles. The molecule has 0 radical (unpaired) electrons. The van der Waals surface area contributed by atoms with Crippen LogP contribution in [0.5, 0.6) is 0 Å². The van der Waals surface area contributed by atoms with Gasteiger partial charge in [0.1, 0.15) is 0 Å². The molecule has 0 bridgehead atoms. The Morgan fingerprint density at radius 1 is 1.29 bits per heavy atom. The van der Waals surface area contributed by atoms with E-state index in [1.165, 1.54) is 18.5 Å². The van der Waals surface area contributed by atoms with Gasteiger partial charge in [0.25, 0.3) is 0 Å². The average molecular weight is 213 g/mol. The maximum atomic E-state index is 5.64. The van der Waals surface area contributed by atoms with E-state index in [9.17, 15) is 0 Å². The largest absolute Gasteiger partial charge is 0.329 e. The molecular formula is C11H17ClN2. The SMILES string of the molecule is Cl.NCC1CCN1Cc1ccccc1. The number of hydrogen-bond acceptors (Lipinski definition) is 2. The van der Waals surface area contributed by atoms with Gasteiger partial charge in [-0.3, -0.25) is 4.90 Å². The molecule has 1 saturated heterocycles. The molecule has 1 aromatic rings. The Labute approximate surface area is 91.5 Å². The second kappa shape index (κ2) is 5.35. The maximum absolute atomic E-state index is 5.64. The van der Waals surface area contributed by atoms with Gasteiger partial charge in [0.05, 0.1) is 0 Å². The van der Waals surface area contributed by atoms with Crippen LogP contribution < -0.4 is 5.73 Å². The van der Waals surface area contributed by atoms with E-state index in [1.54, 1.807) is 0 Å². The van der Waals surface area contributed by atoms with Crippen LogP contribution in [0.2, 0.25) is 0 Å². The van der Waals surface area contributed by atoms with Crippen molar-refractivity contribution in [2.24, 2.45) is 5.73 Å². The molecule has 78 valence electrons. The molecule has 2 nitrogen and oxygen atoms in total. The number of nitrogens with two attached hydrogens (primary N) is 1. The molecule has 0 amide bonds. The Bertz CT molecular complexity index is 261. The van der Waals surface area contributed by atoms with E-state index in [2.05, 4.69) is 35.2 Å². The first-order valence-electron chi connectivity index (χ1n) is 4.88. The van der Waals surface area contributed by atoms with Crippen LogP contribution in [0.4, 0.5) is 0 Å². The minimum absolute atomic E-state index is 0. The summed E-state index contributed by atoms with van der Waals surface area (Å²) in [5.74, 6) is 0. The van der Waals surface area contributed by atoms with Crippen molar-refractivity contribution < 1.29 is 0 Å². The smallest absolute Gasteiger partial charge is 0.0237 e. The van der Waals surface area contributed by atoms with E-state index in [0.717, 1.165) is 13.1 Å². The molecule has 1 aromatic carbocycles. The zero-order chi connectivity index (χ0) is 9.10. The molecule has 14 heavy (non-hydrogen) atoms. The first-order chi connectivity index (χ1) is 6.40. The fourth-order valence-electron chi connectivity index (χ4n) is 1.79. The lowest BCUT2D eigenvalue weighted by Gasteiger charge is -2.40. The van der Waals surface area contributed by atoms with Crippen LogP contribution in [0.3, 0.4) is 0 Å². The van der Waals surface area contributed by atoms with Gasteiger partial charge < -0.3 is 5.73 Å². The quantitative estimate of drug-likeness (QED) is 0.826. The Morgan fingerprint density at radius 2 is 2.00 bits per heavy atom. The zero-order valence-corrected chi connectivity index (χ0v) is 9.04. The number of halogens is 1. The minimum Gasteiger partial charge on any atom is -0.329 e. The van der Waals surface area contributed by atoms with Crippen molar-refractivity contribution in [2.75, 3.05) is 13.1 Å². The summed E-state index contributed by atoms with van der Waals surface area (Å²) < 4.78 is 0. The average Bonchev–Trinajstić information content (AvgIpc) is 2.15. The van der Waals surface area contributed by atoms with Crippen LogP contribution in [0.15, 0.2) is 30.3 Å². The van der Waals surface area contributed by atoms with Crippen molar-refractivity contribution >= 4 is 12.4 Å². The minimum atomic E-state index is 0. The molecule has 1 aliphatic rings. The molecule has 1 atom stereocenters. The van der Waals surface area contributed by atoms with Gasteiger partial charge in [0.15, 0.2) is 0 Å². The van der Waals surface area contributed by atoms with Crippen molar-refractivity contribution in [1.29, 1.82) is 0 Å². The Morgan fingerprint density at radius 3 is 2.50 bits per heavy atom. The molecule has 3 heteroatoms. The van der Waals surface area contributed by atoms with E-state index >= 15 is 0 Å². The van der Waals surface area contributed by atoms with Gasteiger partial charge in [0.2, 0.25) is 0 Å². The molecule has 0 aliphatic carbocycles. The summed E-state index contributed by atoms with van der Waals surface area (Å²) in [5.41, 5.74) is 7.03. The van der Waals surface area contributed by atoms with Crippen LogP contribution in [0.1, 0.15) is 12.0 Å². The molecule has 0 aromatic heterocycles. The molecule has 0 saturated carbocycles. The normalized spacial score (nSPS) is 21.1. The lowest BCUT2D eigenvalue weighted by molar-refractivity contribution is 0.0882. The van der Waals surface area contributed by atoms with Gasteiger partial charge >= 0.3 is 0 Å². The first-order valence-corrected chi connectivity index (χ1v) is 4.88. The van der Waals surface area contributed by atoms with E-state index in [0.29, 0.717) is 6.04 Å². The third kappa shape index (κ3) is 2.47. The highest BCUT2D eigenvalue weighted by molar-refractivity contribution is 5.85. The Kier molecular flexibility index (Phi) is 4.39. The molecule has 2 rings (SSSR count). The zero-order valence-electron chi connectivity index (χ0n) is 8.23. The van der Waals surface area contributed by atoms with Crippen molar-refractivity contribution in [3.63, 3.8) is 0 Å². The number of rotatable bonds is 3. The molecule has 1 fully saturated rings. The summed E-state index contributed by atoms with van der Waals surface area (Å²) in [6, 6.07) is 11.2. The predicted molar refractivity (Wildman–Crippen MR) is 61.6 cm³/mol. The van der Waals surface area contributed by atoms with Gasteiger partial charge in [-0.25, -0.2) is 0 Å². The van der Waals surface area contributed by atoms with Gasteiger partial charge in [-0.2, -0.15) is 0 Å². The van der Waals surface area contributed by atoms with Crippen LogP contribution in [-0.4, -0.2) is 24.0 Å². The van der Waals surface area contributed by atoms with Crippen LogP contribution in [0.25, 0.3) is 0 Å². The van der Waals surface area contributed by atoms with Crippen molar-refractivity contribution in [3.8, 4) is 0 Å². The van der Waals surface area contributed by atoms with Crippen LogP contribution in [-0.2, 0) is 6.54 Å². The summed E-state index contributed by atoms with van der Waals surface area (Å²) >= 11 is 0. The monoisotopic (exact) mass is 212 g/mol. The second-order valence-corrected chi connectivity index (χ2v) is 3.63. The molecule has 1 aliphatic heterocycles. The van der Waals surface area contributed by atoms with Crippen LogP contribution in [0, 0.1) is 0 Å². The van der Waals surface area contributed by atoms with E-state index in [-0.39, 0.29) is 12.4 Å². The van der Waals surface area contributed by atoms with Crippen molar-refractivity contribution in [1.82, 2.24) is 4.90 Å². The van der Waals surface area contributed by atoms with Gasteiger partial charge in [-0.1, -0.05) is 30.3 Å². The summed E-state index contributed by atoms with van der Waals surface area (Å²) in [4.78, 5) is 2.44. The standard InChI is InChI=1S/C11H16N2.ClH/c12-8-11-6-7-13(11)9-10-4-2-1-3-5-10;/h1-5,11H,6-9,12H2;1H. The third-order valence-electron chi connectivity index (χ3n) is 2.77. The molecular weight excluding hydrogens is 196 g/mol. The van der Waals surface area contributed by atoms with Crippen molar-refractivity contribution in [2.45, 2.75) is 19.0 Å². The molecule has 0 spiro atoms. The van der Waals surface area contributed by atoms with E-state index in [4.69, 9.17) is 5.73 Å². The number of hydrogen-bond donors (Lipinski definition) is 1. The topological polar surface area (TPSA) is 29.3 Å². The number of benzene rings is 1. The molecule has 2 N–H and O–H groups in total. The first kappa shape index (κ1) is 11.5. The van der Waals surface area contributed by atoms with E-state index < -0.39 is 0 Å². The lowest BCUT2D eigenvalue weighted by atomic mass is 10.0. The predicted octanol–water partition coefficient (Wildman–Crippen LogP) is 1.64. The third-order valence-corrected chi connectivity index (χ3v) is 2.77. The Hall–Kier alpha value is -0.570.